The Labute approximate surface area is 101 Å². The quantitative estimate of drug-likeness (QED) is 0.492. The minimum Gasteiger partial charge on any atom is -0.467 e. The van der Waals surface area contributed by atoms with Crippen molar-refractivity contribution in [3.05, 3.63) is 27.1 Å². The summed E-state index contributed by atoms with van der Waals surface area (Å²) in [6.07, 6.45) is 0. The Morgan fingerprint density at radius 1 is 1.53 bits per heavy atom. The van der Waals surface area contributed by atoms with E-state index in [4.69, 9.17) is 0 Å². The number of nitro groups is 1. The SMILES string of the molecule is COC(=O)C(C)NC(=O)c1ccc([N+](=O)[O-])s1. The number of methoxy groups -OCH3 is 1. The topological polar surface area (TPSA) is 98.5 Å². The molecule has 0 aliphatic heterocycles. The maximum Gasteiger partial charge on any atom is 0.328 e. The Balaban J connectivity index is 2.70. The van der Waals surface area contributed by atoms with Crippen LogP contribution >= 0.6 is 11.3 Å². The van der Waals surface area contributed by atoms with Gasteiger partial charge in [0.1, 0.15) is 6.04 Å². The maximum absolute atomic E-state index is 11.6. The van der Waals surface area contributed by atoms with E-state index in [0.29, 0.717) is 0 Å². The van der Waals surface area contributed by atoms with E-state index in [9.17, 15) is 19.7 Å². The zero-order chi connectivity index (χ0) is 13.0. The molecule has 0 bridgehead atoms. The van der Waals surface area contributed by atoms with E-state index in [1.165, 1.54) is 26.2 Å². The Hall–Kier alpha value is -1.96. The third-order valence-electron chi connectivity index (χ3n) is 1.90. The molecule has 1 aromatic rings. The number of esters is 1. The van der Waals surface area contributed by atoms with Gasteiger partial charge in [0.25, 0.3) is 5.91 Å². The molecule has 0 aliphatic carbocycles. The average Bonchev–Trinajstić information content (AvgIpc) is 2.77. The predicted molar refractivity (Wildman–Crippen MR) is 59.9 cm³/mol. The molecule has 0 saturated heterocycles. The van der Waals surface area contributed by atoms with E-state index in [-0.39, 0.29) is 9.88 Å². The fourth-order valence-electron chi connectivity index (χ4n) is 1.05. The van der Waals surface area contributed by atoms with Crippen LogP contribution in [0.25, 0.3) is 0 Å². The zero-order valence-corrected chi connectivity index (χ0v) is 9.95. The van der Waals surface area contributed by atoms with Crippen LogP contribution in [0.1, 0.15) is 16.6 Å². The molecule has 0 saturated carbocycles. The first-order valence-electron chi connectivity index (χ1n) is 4.58. The zero-order valence-electron chi connectivity index (χ0n) is 9.13. The lowest BCUT2D eigenvalue weighted by Gasteiger charge is -2.09. The number of ether oxygens (including phenoxy) is 1. The van der Waals surface area contributed by atoms with Crippen LogP contribution in [0.5, 0.6) is 0 Å². The first-order chi connectivity index (χ1) is 7.95. The number of rotatable bonds is 4. The molecule has 0 aromatic carbocycles. The summed E-state index contributed by atoms with van der Waals surface area (Å²) in [5.41, 5.74) is 0. The number of thiophene rings is 1. The molecule has 1 N–H and O–H groups in total. The second-order valence-corrected chi connectivity index (χ2v) is 4.18. The number of carbonyl (C=O) groups excluding carboxylic acids is 2. The van der Waals surface area contributed by atoms with E-state index in [0.717, 1.165) is 11.3 Å². The predicted octanol–water partition coefficient (Wildman–Crippen LogP) is 0.948. The monoisotopic (exact) mass is 258 g/mol. The molecule has 1 atom stereocenters. The maximum atomic E-state index is 11.6. The molecule has 7 nitrogen and oxygen atoms in total. The van der Waals surface area contributed by atoms with Gasteiger partial charge >= 0.3 is 11.0 Å². The molecule has 1 amide bonds. The molecule has 0 spiro atoms. The Morgan fingerprint density at radius 3 is 2.65 bits per heavy atom. The summed E-state index contributed by atoms with van der Waals surface area (Å²) >= 11 is 0.747. The normalized spacial score (nSPS) is 11.6. The molecule has 17 heavy (non-hydrogen) atoms. The van der Waals surface area contributed by atoms with Crippen LogP contribution in [-0.4, -0.2) is 30.0 Å². The first-order valence-corrected chi connectivity index (χ1v) is 5.40. The molecule has 0 fully saturated rings. The van der Waals surface area contributed by atoms with Gasteiger partial charge in [-0.05, 0) is 13.0 Å². The van der Waals surface area contributed by atoms with E-state index in [1.807, 2.05) is 0 Å². The highest BCUT2D eigenvalue weighted by atomic mass is 32.1. The summed E-state index contributed by atoms with van der Waals surface area (Å²) in [6.45, 7) is 1.46. The smallest absolute Gasteiger partial charge is 0.328 e. The van der Waals surface area contributed by atoms with Crippen molar-refractivity contribution in [2.24, 2.45) is 0 Å². The van der Waals surface area contributed by atoms with Crippen molar-refractivity contribution in [2.45, 2.75) is 13.0 Å². The van der Waals surface area contributed by atoms with Crippen LogP contribution in [0.2, 0.25) is 0 Å². The number of nitrogens with one attached hydrogen (secondary N) is 1. The van der Waals surface area contributed by atoms with Crippen LogP contribution in [0.15, 0.2) is 12.1 Å². The van der Waals surface area contributed by atoms with E-state index < -0.39 is 22.8 Å². The highest BCUT2D eigenvalue weighted by Gasteiger charge is 2.20. The lowest BCUT2D eigenvalue weighted by atomic mass is 10.3. The number of amides is 1. The third-order valence-corrected chi connectivity index (χ3v) is 2.93. The van der Waals surface area contributed by atoms with Gasteiger partial charge in [0, 0.05) is 6.07 Å². The fraction of sp³-hybridized carbons (Fsp3) is 0.333. The lowest BCUT2D eigenvalue weighted by molar-refractivity contribution is -0.380. The summed E-state index contributed by atoms with van der Waals surface area (Å²) in [5, 5.41) is 12.7. The number of hydrogen-bond donors (Lipinski definition) is 1. The third kappa shape index (κ3) is 3.25. The molecule has 8 heteroatoms. The molecule has 0 aliphatic rings. The minimum absolute atomic E-state index is 0.124. The van der Waals surface area contributed by atoms with Crippen LogP contribution in [0, 0.1) is 10.1 Å². The molecule has 92 valence electrons. The van der Waals surface area contributed by atoms with Crippen molar-refractivity contribution < 1.29 is 19.2 Å². The molecular weight excluding hydrogens is 248 g/mol. The summed E-state index contributed by atoms with van der Waals surface area (Å²) in [7, 11) is 1.21. The second kappa shape index (κ2) is 5.39. The van der Waals surface area contributed by atoms with Gasteiger partial charge in [-0.15, -0.1) is 0 Å². The number of carbonyl (C=O) groups is 2. The number of hydrogen-bond acceptors (Lipinski definition) is 6. The van der Waals surface area contributed by atoms with Crippen LogP contribution in [0.4, 0.5) is 5.00 Å². The van der Waals surface area contributed by atoms with Crippen molar-refractivity contribution in [1.29, 1.82) is 0 Å². The number of nitrogens with zero attached hydrogens (tertiary/aromatic N) is 1. The largest absolute Gasteiger partial charge is 0.467 e. The highest BCUT2D eigenvalue weighted by molar-refractivity contribution is 7.17. The van der Waals surface area contributed by atoms with Gasteiger partial charge in [-0.2, -0.15) is 0 Å². The van der Waals surface area contributed by atoms with Crippen molar-refractivity contribution >= 4 is 28.2 Å². The van der Waals surface area contributed by atoms with Gasteiger partial charge in [0.05, 0.1) is 16.9 Å². The van der Waals surface area contributed by atoms with Gasteiger partial charge in [-0.1, -0.05) is 11.3 Å². The lowest BCUT2D eigenvalue weighted by Crippen LogP contribution is -2.38. The van der Waals surface area contributed by atoms with Crippen LogP contribution in [-0.2, 0) is 9.53 Å². The van der Waals surface area contributed by atoms with Crippen LogP contribution in [0.3, 0.4) is 0 Å². The summed E-state index contributed by atoms with van der Waals surface area (Å²) in [5.74, 6) is -1.12. The standard InChI is InChI=1S/C9H10N2O5S/c1-5(9(13)16-2)10-8(12)6-3-4-7(17-6)11(14)15/h3-5H,1-2H3,(H,10,12). The highest BCUT2D eigenvalue weighted by Crippen LogP contribution is 2.23. The van der Waals surface area contributed by atoms with Crippen LogP contribution < -0.4 is 5.32 Å². The summed E-state index contributed by atoms with van der Waals surface area (Å²) < 4.78 is 4.43. The van der Waals surface area contributed by atoms with E-state index in [1.54, 1.807) is 0 Å². The van der Waals surface area contributed by atoms with Gasteiger partial charge in [-0.3, -0.25) is 14.9 Å². The van der Waals surface area contributed by atoms with Crippen molar-refractivity contribution in [3.8, 4) is 0 Å². The van der Waals surface area contributed by atoms with E-state index >= 15 is 0 Å². The molecule has 1 rings (SSSR count). The molecule has 0 radical (unpaired) electrons. The van der Waals surface area contributed by atoms with Gasteiger partial charge in [0.15, 0.2) is 0 Å². The first kappa shape index (κ1) is 13.1. The summed E-state index contributed by atoms with van der Waals surface area (Å²) in [4.78, 5) is 32.6. The van der Waals surface area contributed by atoms with Gasteiger partial charge in [0.2, 0.25) is 0 Å². The van der Waals surface area contributed by atoms with Gasteiger partial charge < -0.3 is 10.1 Å². The minimum atomic E-state index is -0.798. The second-order valence-electron chi connectivity index (χ2n) is 3.11. The van der Waals surface area contributed by atoms with Crippen molar-refractivity contribution in [1.82, 2.24) is 5.32 Å². The Morgan fingerprint density at radius 2 is 2.18 bits per heavy atom. The molecule has 1 unspecified atom stereocenters. The van der Waals surface area contributed by atoms with Crippen molar-refractivity contribution in [3.63, 3.8) is 0 Å². The van der Waals surface area contributed by atoms with Crippen molar-refractivity contribution in [2.75, 3.05) is 7.11 Å². The fourth-order valence-corrected chi connectivity index (χ4v) is 1.77. The summed E-state index contributed by atoms with van der Waals surface area (Å²) in [6, 6.07) is 1.78. The molecule has 1 aromatic heterocycles. The molecule has 1 heterocycles. The molecular formula is C9H10N2O5S. The Bertz CT molecular complexity index is 456. The Kier molecular flexibility index (Phi) is 4.16. The van der Waals surface area contributed by atoms with E-state index in [2.05, 4.69) is 10.1 Å². The average molecular weight is 258 g/mol. The van der Waals surface area contributed by atoms with Gasteiger partial charge in [-0.25, -0.2) is 4.79 Å².